The normalized spacial score (nSPS) is 25.1. The highest BCUT2D eigenvalue weighted by Gasteiger charge is 2.71. The molecule has 2 saturated heterocycles. The van der Waals surface area contributed by atoms with Gasteiger partial charge in [0, 0.05) is 42.2 Å². The van der Waals surface area contributed by atoms with Crippen molar-refractivity contribution in [1.82, 2.24) is 24.9 Å². The molecule has 6 rings (SSSR count). The van der Waals surface area contributed by atoms with Gasteiger partial charge in [-0.3, -0.25) is 9.88 Å². The van der Waals surface area contributed by atoms with Crippen molar-refractivity contribution in [1.29, 1.82) is 5.26 Å². The van der Waals surface area contributed by atoms with E-state index in [1.807, 2.05) is 20.8 Å². The standard InChI is InChI=1S/C28H27F2N7O4/c1-27(2,3)41-25(38)35-13-20-21(14-35)28(20,15-31)23-7-4-16(9-32-23)19-6-5-17(8-22(19)29)36-11-18(40-26(36)39)12-37-24(30)10-33-34-37/h4-10,18,20-21H,11-14H2,1-3H3/t18-,20?,21?,28?/m1/s1. The van der Waals surface area contributed by atoms with Crippen LogP contribution in [0.4, 0.5) is 24.1 Å². The topological polar surface area (TPSA) is 126 Å². The molecule has 1 aliphatic carbocycles. The zero-order chi connectivity index (χ0) is 29.1. The highest BCUT2D eigenvalue weighted by atomic mass is 19.1. The Bertz CT molecular complexity index is 1550. The number of hydrogen-bond donors (Lipinski definition) is 0. The number of aromatic nitrogens is 4. The molecule has 3 fully saturated rings. The molecule has 2 amide bonds. The Hall–Kier alpha value is -4.60. The maximum absolute atomic E-state index is 15.2. The number of nitriles is 1. The van der Waals surface area contributed by atoms with Crippen LogP contribution in [-0.2, 0) is 21.4 Å². The Morgan fingerprint density at radius 1 is 1.17 bits per heavy atom. The first kappa shape index (κ1) is 26.6. The Kier molecular flexibility index (Phi) is 6.17. The molecule has 2 aromatic heterocycles. The summed E-state index contributed by atoms with van der Waals surface area (Å²) in [5.41, 5.74) is 0.290. The molecule has 11 nitrogen and oxygen atoms in total. The van der Waals surface area contributed by atoms with Crippen molar-refractivity contribution in [3.8, 4) is 17.2 Å². The number of piperidine rings is 1. The summed E-state index contributed by atoms with van der Waals surface area (Å²) in [6.45, 7) is 6.34. The van der Waals surface area contributed by atoms with E-state index in [9.17, 15) is 19.2 Å². The number of carbonyl (C=O) groups is 2. The molecule has 1 aromatic carbocycles. The molecule has 212 valence electrons. The summed E-state index contributed by atoms with van der Waals surface area (Å²) >= 11 is 0. The van der Waals surface area contributed by atoms with Gasteiger partial charge in [-0.1, -0.05) is 11.3 Å². The van der Waals surface area contributed by atoms with Crippen LogP contribution in [0, 0.1) is 34.9 Å². The van der Waals surface area contributed by atoms with Crippen molar-refractivity contribution >= 4 is 17.9 Å². The maximum Gasteiger partial charge on any atom is 0.414 e. The van der Waals surface area contributed by atoms with E-state index in [2.05, 4.69) is 21.4 Å². The lowest BCUT2D eigenvalue weighted by Crippen LogP contribution is -2.39. The van der Waals surface area contributed by atoms with Gasteiger partial charge in [-0.15, -0.1) is 5.10 Å². The number of nitrogens with zero attached hydrogens (tertiary/aromatic N) is 7. The molecule has 2 aliphatic heterocycles. The van der Waals surface area contributed by atoms with Crippen molar-refractivity contribution in [3.05, 3.63) is 60.2 Å². The summed E-state index contributed by atoms with van der Waals surface area (Å²) in [6.07, 6.45) is 0.750. The summed E-state index contributed by atoms with van der Waals surface area (Å²) in [7, 11) is 0. The molecule has 0 bridgehead atoms. The first-order valence-electron chi connectivity index (χ1n) is 13.2. The monoisotopic (exact) mass is 563 g/mol. The number of pyridine rings is 1. The number of rotatable bonds is 5. The van der Waals surface area contributed by atoms with E-state index >= 15 is 4.39 Å². The number of anilines is 1. The van der Waals surface area contributed by atoms with Gasteiger partial charge in [0.05, 0.1) is 30.5 Å². The second kappa shape index (κ2) is 9.50. The summed E-state index contributed by atoms with van der Waals surface area (Å²) in [6, 6.07) is 10.2. The zero-order valence-electron chi connectivity index (χ0n) is 22.6. The van der Waals surface area contributed by atoms with Crippen LogP contribution in [0.1, 0.15) is 26.5 Å². The SMILES string of the molecule is CC(C)(C)OC(=O)N1CC2C(C1)C2(C#N)c1ccc(-c2ccc(N3C[C@H](Cn4nncc4F)OC3=O)cc2F)cn1. The second-order valence-electron chi connectivity index (χ2n) is 11.5. The molecular weight excluding hydrogens is 536 g/mol. The predicted molar refractivity (Wildman–Crippen MR) is 139 cm³/mol. The molecular formula is C28H27F2N7O4. The Labute approximate surface area is 234 Å². The number of ether oxygens (including phenoxy) is 2. The van der Waals surface area contributed by atoms with Crippen molar-refractivity contribution < 1.29 is 27.8 Å². The fourth-order valence-corrected chi connectivity index (χ4v) is 5.80. The molecule has 4 heterocycles. The summed E-state index contributed by atoms with van der Waals surface area (Å²) < 4.78 is 40.6. The van der Waals surface area contributed by atoms with E-state index in [1.165, 1.54) is 17.2 Å². The molecule has 2 unspecified atom stereocenters. The van der Waals surface area contributed by atoms with E-state index in [1.54, 1.807) is 29.2 Å². The van der Waals surface area contributed by atoms with Gasteiger partial charge in [0.25, 0.3) is 0 Å². The van der Waals surface area contributed by atoms with E-state index in [0.717, 1.165) is 10.9 Å². The highest BCUT2D eigenvalue weighted by molar-refractivity contribution is 5.90. The van der Waals surface area contributed by atoms with Crippen LogP contribution >= 0.6 is 0 Å². The average molecular weight is 564 g/mol. The summed E-state index contributed by atoms with van der Waals surface area (Å²) in [5, 5.41) is 17.1. The maximum atomic E-state index is 15.2. The molecule has 41 heavy (non-hydrogen) atoms. The van der Waals surface area contributed by atoms with E-state index in [-0.39, 0.29) is 36.6 Å². The average Bonchev–Trinajstić information content (AvgIpc) is 3.34. The van der Waals surface area contributed by atoms with E-state index in [4.69, 9.17) is 9.47 Å². The number of benzene rings is 1. The van der Waals surface area contributed by atoms with Crippen LogP contribution in [0.25, 0.3) is 11.1 Å². The fraction of sp³-hybridized carbons (Fsp3) is 0.429. The number of fused-ring (bicyclic) bond motifs is 1. The number of halogens is 2. The minimum absolute atomic E-state index is 0.0163. The summed E-state index contributed by atoms with van der Waals surface area (Å²) in [5.74, 6) is -1.30. The highest BCUT2D eigenvalue weighted by Crippen LogP contribution is 2.62. The summed E-state index contributed by atoms with van der Waals surface area (Å²) in [4.78, 5) is 32.3. The van der Waals surface area contributed by atoms with Gasteiger partial charge in [0.1, 0.15) is 29.1 Å². The first-order valence-corrected chi connectivity index (χ1v) is 13.2. The molecule has 3 aromatic rings. The lowest BCUT2D eigenvalue weighted by Gasteiger charge is -2.27. The lowest BCUT2D eigenvalue weighted by atomic mass is 9.95. The van der Waals surface area contributed by atoms with Gasteiger partial charge in [-0.25, -0.2) is 18.7 Å². The van der Waals surface area contributed by atoms with Gasteiger partial charge in [0.15, 0.2) is 0 Å². The minimum atomic E-state index is -0.790. The fourth-order valence-electron chi connectivity index (χ4n) is 5.80. The van der Waals surface area contributed by atoms with Gasteiger partial charge in [-0.05, 0) is 45.0 Å². The third-order valence-electron chi connectivity index (χ3n) is 7.80. The van der Waals surface area contributed by atoms with Gasteiger partial charge in [0.2, 0.25) is 5.95 Å². The van der Waals surface area contributed by atoms with Crippen LogP contribution in [0.3, 0.4) is 0 Å². The number of hydrogen-bond acceptors (Lipinski definition) is 8. The number of amides is 2. The van der Waals surface area contributed by atoms with E-state index < -0.39 is 35.0 Å². The van der Waals surface area contributed by atoms with Gasteiger partial charge < -0.3 is 14.4 Å². The molecule has 3 aliphatic rings. The number of likely N-dealkylation sites (tertiary alicyclic amines) is 1. The van der Waals surface area contributed by atoms with Crippen LogP contribution in [0.2, 0.25) is 0 Å². The zero-order valence-corrected chi connectivity index (χ0v) is 22.6. The van der Waals surface area contributed by atoms with Crippen LogP contribution in [-0.4, -0.2) is 68.4 Å². The third kappa shape index (κ3) is 4.63. The van der Waals surface area contributed by atoms with Crippen molar-refractivity contribution in [2.75, 3.05) is 24.5 Å². The van der Waals surface area contributed by atoms with Gasteiger partial charge >= 0.3 is 12.2 Å². The number of cyclic esters (lactones) is 1. The largest absolute Gasteiger partial charge is 0.444 e. The van der Waals surface area contributed by atoms with Crippen LogP contribution < -0.4 is 4.90 Å². The van der Waals surface area contributed by atoms with E-state index in [0.29, 0.717) is 30.0 Å². The predicted octanol–water partition coefficient (Wildman–Crippen LogP) is 3.90. The van der Waals surface area contributed by atoms with Crippen molar-refractivity contribution in [3.63, 3.8) is 0 Å². The molecule has 0 spiro atoms. The molecule has 0 radical (unpaired) electrons. The minimum Gasteiger partial charge on any atom is -0.444 e. The van der Waals surface area contributed by atoms with Crippen molar-refractivity contribution in [2.45, 2.75) is 44.4 Å². The Morgan fingerprint density at radius 3 is 2.51 bits per heavy atom. The Balaban J connectivity index is 1.13. The van der Waals surface area contributed by atoms with Crippen LogP contribution in [0.5, 0.6) is 0 Å². The molecule has 1 saturated carbocycles. The third-order valence-corrected chi connectivity index (χ3v) is 7.80. The van der Waals surface area contributed by atoms with Crippen LogP contribution in [0.15, 0.2) is 42.7 Å². The van der Waals surface area contributed by atoms with Gasteiger partial charge in [-0.2, -0.15) is 9.65 Å². The second-order valence-corrected chi connectivity index (χ2v) is 11.5. The lowest BCUT2D eigenvalue weighted by molar-refractivity contribution is 0.0265. The Morgan fingerprint density at radius 2 is 1.93 bits per heavy atom. The molecule has 13 heteroatoms. The number of carbonyl (C=O) groups excluding carboxylic acids is 2. The van der Waals surface area contributed by atoms with Crippen molar-refractivity contribution in [2.24, 2.45) is 11.8 Å². The first-order chi connectivity index (χ1) is 19.5. The quantitative estimate of drug-likeness (QED) is 0.458. The smallest absolute Gasteiger partial charge is 0.414 e. The molecule has 0 N–H and O–H groups in total. The molecule has 3 atom stereocenters.